The fourth-order valence-corrected chi connectivity index (χ4v) is 5.59. The molecule has 6 nitrogen and oxygen atoms in total. The molecule has 0 unspecified atom stereocenters. The number of anilines is 1. The molecular formula is C23H26F4N2O4S. The van der Waals surface area contributed by atoms with Crippen LogP contribution in [0.5, 0.6) is 5.75 Å². The van der Waals surface area contributed by atoms with Crippen LogP contribution in [0, 0.1) is 5.82 Å². The summed E-state index contributed by atoms with van der Waals surface area (Å²) in [7, 11) is -4.08. The Labute approximate surface area is 196 Å². The molecule has 0 aromatic heterocycles. The van der Waals surface area contributed by atoms with E-state index in [-0.39, 0.29) is 10.6 Å². The molecule has 0 aliphatic heterocycles. The first-order valence-corrected chi connectivity index (χ1v) is 12.4. The number of alkyl halides is 3. The van der Waals surface area contributed by atoms with E-state index in [1.807, 2.05) is 0 Å². The summed E-state index contributed by atoms with van der Waals surface area (Å²) >= 11 is 0. The van der Waals surface area contributed by atoms with E-state index in [1.165, 1.54) is 24.3 Å². The molecule has 0 atom stereocenters. The minimum atomic E-state index is -4.93. The zero-order chi connectivity index (χ0) is 24.9. The number of carbonyl (C=O) groups is 1. The first kappa shape index (κ1) is 26.0. The van der Waals surface area contributed by atoms with E-state index in [2.05, 4.69) is 5.32 Å². The molecular weight excluding hydrogens is 476 g/mol. The number of hydrogen-bond acceptors (Lipinski definition) is 4. The lowest BCUT2D eigenvalue weighted by Gasteiger charge is -2.33. The van der Waals surface area contributed by atoms with Gasteiger partial charge in [0.2, 0.25) is 15.9 Å². The van der Waals surface area contributed by atoms with Crippen molar-refractivity contribution in [3.63, 3.8) is 0 Å². The largest absolute Gasteiger partial charge is 0.494 e. The monoisotopic (exact) mass is 502 g/mol. The fourth-order valence-electron chi connectivity index (χ4n) is 3.95. The van der Waals surface area contributed by atoms with Gasteiger partial charge in [-0.25, -0.2) is 12.8 Å². The van der Waals surface area contributed by atoms with Crippen LogP contribution in [0.3, 0.4) is 0 Å². The summed E-state index contributed by atoms with van der Waals surface area (Å²) in [6.45, 7) is 1.63. The number of nitrogens with one attached hydrogen (secondary N) is 1. The minimum Gasteiger partial charge on any atom is -0.494 e. The van der Waals surface area contributed by atoms with Crippen molar-refractivity contribution in [1.29, 1.82) is 0 Å². The summed E-state index contributed by atoms with van der Waals surface area (Å²) in [5.41, 5.74) is -1.79. The minimum absolute atomic E-state index is 0.0181. The van der Waals surface area contributed by atoms with Crippen LogP contribution in [-0.4, -0.2) is 37.8 Å². The third-order valence-electron chi connectivity index (χ3n) is 5.58. The molecule has 1 N–H and O–H groups in total. The summed E-state index contributed by atoms with van der Waals surface area (Å²) in [4.78, 5) is 12.7. The Morgan fingerprint density at radius 3 is 2.32 bits per heavy atom. The van der Waals surface area contributed by atoms with E-state index >= 15 is 0 Å². The van der Waals surface area contributed by atoms with Gasteiger partial charge in [-0.1, -0.05) is 19.3 Å². The number of rotatable bonds is 8. The van der Waals surface area contributed by atoms with Crippen LogP contribution in [0.4, 0.5) is 23.2 Å². The average Bonchev–Trinajstić information content (AvgIpc) is 2.79. The Kier molecular flexibility index (Phi) is 8.19. The predicted octanol–water partition coefficient (Wildman–Crippen LogP) is 5.21. The van der Waals surface area contributed by atoms with Crippen LogP contribution in [-0.2, 0) is 21.0 Å². The van der Waals surface area contributed by atoms with E-state index in [1.54, 1.807) is 6.92 Å². The van der Waals surface area contributed by atoms with Gasteiger partial charge in [0, 0.05) is 11.7 Å². The first-order chi connectivity index (χ1) is 16.0. The highest BCUT2D eigenvalue weighted by Gasteiger charge is 2.36. The quantitative estimate of drug-likeness (QED) is 0.503. The molecule has 2 aromatic carbocycles. The van der Waals surface area contributed by atoms with E-state index < -0.39 is 46.1 Å². The Morgan fingerprint density at radius 2 is 1.74 bits per heavy atom. The van der Waals surface area contributed by atoms with Gasteiger partial charge in [0.15, 0.2) is 0 Å². The molecule has 11 heteroatoms. The van der Waals surface area contributed by atoms with Crippen molar-refractivity contribution in [2.24, 2.45) is 0 Å². The number of benzene rings is 2. The van der Waals surface area contributed by atoms with Crippen LogP contribution in [0.2, 0.25) is 0 Å². The smallest absolute Gasteiger partial charge is 0.419 e. The predicted molar refractivity (Wildman–Crippen MR) is 118 cm³/mol. The Morgan fingerprint density at radius 1 is 1.09 bits per heavy atom. The molecule has 34 heavy (non-hydrogen) atoms. The maximum Gasteiger partial charge on any atom is 0.419 e. The number of sulfonamides is 1. The summed E-state index contributed by atoms with van der Waals surface area (Å²) in [6.07, 6.45) is -1.25. The highest BCUT2D eigenvalue weighted by molar-refractivity contribution is 7.89. The third kappa shape index (κ3) is 6.26. The van der Waals surface area contributed by atoms with E-state index in [0.717, 1.165) is 29.6 Å². The van der Waals surface area contributed by atoms with Gasteiger partial charge in [0.25, 0.3) is 0 Å². The Bertz CT molecular complexity index is 1100. The average molecular weight is 503 g/mol. The van der Waals surface area contributed by atoms with Crippen molar-refractivity contribution >= 4 is 21.6 Å². The van der Waals surface area contributed by atoms with Crippen molar-refractivity contribution in [3.05, 3.63) is 53.8 Å². The highest BCUT2D eigenvalue weighted by atomic mass is 32.2. The van der Waals surface area contributed by atoms with Crippen molar-refractivity contribution in [3.8, 4) is 5.75 Å². The molecule has 186 valence electrons. The molecule has 1 saturated carbocycles. The summed E-state index contributed by atoms with van der Waals surface area (Å²) in [5, 5.41) is 2.27. The van der Waals surface area contributed by atoms with Gasteiger partial charge in [-0.3, -0.25) is 4.79 Å². The second-order valence-electron chi connectivity index (χ2n) is 7.99. The van der Waals surface area contributed by atoms with Gasteiger partial charge in [0.05, 0.1) is 23.6 Å². The molecule has 1 aliphatic rings. The lowest BCUT2D eigenvalue weighted by atomic mass is 9.95. The SMILES string of the molecule is CCOc1ccc(S(=O)(=O)N(CC(=O)Nc2ccc(F)c(C(F)(F)F)c2)C2CCCCC2)cc1. The summed E-state index contributed by atoms with van der Waals surface area (Å²) in [6, 6.07) is 7.49. The second-order valence-corrected chi connectivity index (χ2v) is 9.88. The number of halogens is 4. The number of hydrogen-bond donors (Lipinski definition) is 1. The lowest BCUT2D eigenvalue weighted by molar-refractivity contribution is -0.140. The maximum absolute atomic E-state index is 13.5. The normalized spacial score (nSPS) is 15.4. The van der Waals surface area contributed by atoms with Crippen LogP contribution >= 0.6 is 0 Å². The van der Waals surface area contributed by atoms with Gasteiger partial charge in [-0.05, 0) is 62.2 Å². The maximum atomic E-state index is 13.5. The lowest BCUT2D eigenvalue weighted by Crippen LogP contribution is -2.45. The molecule has 0 heterocycles. The summed E-state index contributed by atoms with van der Waals surface area (Å²) < 4.78 is 85.8. The molecule has 1 aliphatic carbocycles. The molecule has 1 amide bonds. The van der Waals surface area contributed by atoms with Gasteiger partial charge in [-0.15, -0.1) is 0 Å². The van der Waals surface area contributed by atoms with Crippen LogP contribution in [0.25, 0.3) is 0 Å². The number of nitrogens with zero attached hydrogens (tertiary/aromatic N) is 1. The van der Waals surface area contributed by atoms with Crippen LogP contribution < -0.4 is 10.1 Å². The molecule has 1 fully saturated rings. The van der Waals surface area contributed by atoms with Gasteiger partial charge in [-0.2, -0.15) is 17.5 Å². The fraction of sp³-hybridized carbons (Fsp3) is 0.435. The van der Waals surface area contributed by atoms with E-state index in [4.69, 9.17) is 4.74 Å². The standard InChI is InChI=1S/C23H26F4N2O4S/c1-2-33-18-9-11-19(12-10-18)34(31,32)29(17-6-4-3-5-7-17)15-22(30)28-16-8-13-21(24)20(14-16)23(25,26)27/h8-14,17H,2-7,15H2,1H3,(H,28,30). The highest BCUT2D eigenvalue weighted by Crippen LogP contribution is 2.33. The van der Waals surface area contributed by atoms with Crippen molar-refractivity contribution in [2.75, 3.05) is 18.5 Å². The Hall–Kier alpha value is -2.66. The second kappa shape index (κ2) is 10.7. The van der Waals surface area contributed by atoms with Crippen molar-refractivity contribution < 1.29 is 35.5 Å². The van der Waals surface area contributed by atoms with E-state index in [0.29, 0.717) is 37.3 Å². The molecule has 2 aromatic rings. The third-order valence-corrected chi connectivity index (χ3v) is 7.49. The number of ether oxygens (including phenoxy) is 1. The van der Waals surface area contributed by atoms with Crippen molar-refractivity contribution in [1.82, 2.24) is 4.31 Å². The van der Waals surface area contributed by atoms with Gasteiger partial charge >= 0.3 is 6.18 Å². The zero-order valence-corrected chi connectivity index (χ0v) is 19.4. The summed E-state index contributed by atoms with van der Waals surface area (Å²) in [5.74, 6) is -1.78. The van der Waals surface area contributed by atoms with Crippen molar-refractivity contribution in [2.45, 2.75) is 56.1 Å². The van der Waals surface area contributed by atoms with Crippen LogP contribution in [0.15, 0.2) is 47.4 Å². The first-order valence-electron chi connectivity index (χ1n) is 10.9. The topological polar surface area (TPSA) is 75.7 Å². The van der Waals surface area contributed by atoms with E-state index in [9.17, 15) is 30.8 Å². The van der Waals surface area contributed by atoms with Crippen LogP contribution in [0.1, 0.15) is 44.6 Å². The molecule has 0 bridgehead atoms. The van der Waals surface area contributed by atoms with Gasteiger partial charge < -0.3 is 10.1 Å². The molecule has 0 radical (unpaired) electrons. The zero-order valence-electron chi connectivity index (χ0n) is 18.6. The van der Waals surface area contributed by atoms with Gasteiger partial charge in [0.1, 0.15) is 11.6 Å². The number of amides is 1. The molecule has 0 saturated heterocycles. The Balaban J connectivity index is 1.84. The number of carbonyl (C=O) groups excluding carboxylic acids is 1. The molecule has 3 rings (SSSR count). The molecule has 0 spiro atoms.